The van der Waals surface area contributed by atoms with E-state index in [0.29, 0.717) is 11.5 Å². The van der Waals surface area contributed by atoms with E-state index in [1.165, 1.54) is 0 Å². The predicted molar refractivity (Wildman–Crippen MR) is 62.3 cm³/mol. The van der Waals surface area contributed by atoms with E-state index >= 15 is 0 Å². The molecule has 1 aromatic carbocycles. The molecule has 0 fully saturated rings. The van der Waals surface area contributed by atoms with Gasteiger partial charge in [0.1, 0.15) is 0 Å². The van der Waals surface area contributed by atoms with E-state index in [0.717, 1.165) is 18.2 Å². The second kappa shape index (κ2) is 5.66. The second-order valence-electron chi connectivity index (χ2n) is 3.42. The number of methoxy groups -OCH3 is 2. The van der Waals surface area contributed by atoms with Crippen molar-refractivity contribution in [2.75, 3.05) is 14.2 Å². The van der Waals surface area contributed by atoms with Gasteiger partial charge < -0.3 is 14.5 Å². The van der Waals surface area contributed by atoms with Gasteiger partial charge in [-0.1, -0.05) is 19.4 Å². The van der Waals surface area contributed by atoms with Gasteiger partial charge in [-0.15, -0.1) is 0 Å². The van der Waals surface area contributed by atoms with E-state index in [9.17, 15) is 5.02 Å². The van der Waals surface area contributed by atoms with Gasteiger partial charge >= 0.3 is 6.92 Å². The van der Waals surface area contributed by atoms with Crippen LogP contribution in [0.5, 0.6) is 11.5 Å². The Morgan fingerprint density at radius 1 is 1.20 bits per heavy atom. The molecule has 0 aromatic heterocycles. The molecule has 0 heterocycles. The summed E-state index contributed by atoms with van der Waals surface area (Å²) in [7, 11) is 3.19. The topological polar surface area (TPSA) is 38.7 Å². The van der Waals surface area contributed by atoms with Gasteiger partial charge in [-0.2, -0.15) is 0 Å². The van der Waals surface area contributed by atoms with Gasteiger partial charge in [-0.25, -0.2) is 0 Å². The molecule has 0 amide bonds. The maximum atomic E-state index is 9.81. The molecule has 1 N–H and O–H groups in total. The summed E-state index contributed by atoms with van der Waals surface area (Å²) < 4.78 is 10.3. The Balaban J connectivity index is 2.92. The molecular weight excluding hydrogens is 191 g/mol. The summed E-state index contributed by atoms with van der Waals surface area (Å²) in [6.07, 6.45) is 1.71. The maximum absolute atomic E-state index is 9.81. The highest BCUT2D eigenvalue weighted by molar-refractivity contribution is 6.66. The van der Waals surface area contributed by atoms with E-state index in [1.54, 1.807) is 14.2 Å². The van der Waals surface area contributed by atoms with Crippen LogP contribution in [0.3, 0.4) is 0 Å². The summed E-state index contributed by atoms with van der Waals surface area (Å²) in [5, 5.41) is 9.81. The van der Waals surface area contributed by atoms with Crippen LogP contribution in [0.1, 0.15) is 13.3 Å². The molecule has 0 aliphatic carbocycles. The average Bonchev–Trinajstić information content (AvgIpc) is 2.28. The molecule has 4 heteroatoms. The monoisotopic (exact) mass is 208 g/mol. The Labute approximate surface area is 91.1 Å². The summed E-state index contributed by atoms with van der Waals surface area (Å²) in [5.74, 6) is 1.34. The number of hydrogen-bond acceptors (Lipinski definition) is 3. The molecule has 0 spiro atoms. The van der Waals surface area contributed by atoms with Crippen molar-refractivity contribution in [3.63, 3.8) is 0 Å². The van der Waals surface area contributed by atoms with Crippen molar-refractivity contribution < 1.29 is 14.5 Å². The fourth-order valence-electron chi connectivity index (χ4n) is 1.50. The highest BCUT2D eigenvalue weighted by atomic mass is 16.5. The number of ether oxygens (including phenoxy) is 2. The zero-order valence-corrected chi connectivity index (χ0v) is 9.49. The lowest BCUT2D eigenvalue weighted by molar-refractivity contribution is 0.355. The largest absolute Gasteiger partial charge is 0.493 e. The van der Waals surface area contributed by atoms with Crippen LogP contribution in [0.25, 0.3) is 0 Å². The normalized spacial score (nSPS) is 9.87. The van der Waals surface area contributed by atoms with Crippen molar-refractivity contribution in [3.8, 4) is 11.5 Å². The summed E-state index contributed by atoms with van der Waals surface area (Å²) in [6.45, 7) is 1.62. The van der Waals surface area contributed by atoms with Crippen LogP contribution in [0.4, 0.5) is 0 Å². The molecule has 0 unspecified atom stereocenters. The summed E-state index contributed by atoms with van der Waals surface area (Å²) in [5.41, 5.74) is 0.870. The van der Waals surface area contributed by atoms with Crippen LogP contribution in [-0.4, -0.2) is 26.2 Å². The minimum atomic E-state index is -0.421. The summed E-state index contributed by atoms with van der Waals surface area (Å²) in [4.78, 5) is 0. The third-order valence-corrected chi connectivity index (χ3v) is 2.35. The lowest BCUT2D eigenvalue weighted by atomic mass is 9.58. The van der Waals surface area contributed by atoms with Gasteiger partial charge in [0.25, 0.3) is 0 Å². The van der Waals surface area contributed by atoms with Crippen molar-refractivity contribution in [1.29, 1.82) is 0 Å². The van der Waals surface area contributed by atoms with Crippen LogP contribution in [0.15, 0.2) is 18.2 Å². The van der Waals surface area contributed by atoms with E-state index in [1.807, 2.05) is 25.1 Å². The SMILES string of the molecule is CCCB(O)c1ccc(OC)c(OC)c1. The Kier molecular flexibility index (Phi) is 4.50. The van der Waals surface area contributed by atoms with Crippen LogP contribution < -0.4 is 14.9 Å². The number of rotatable bonds is 5. The summed E-state index contributed by atoms with van der Waals surface area (Å²) in [6, 6.07) is 5.49. The summed E-state index contributed by atoms with van der Waals surface area (Å²) >= 11 is 0. The fourth-order valence-corrected chi connectivity index (χ4v) is 1.50. The lowest BCUT2D eigenvalue weighted by Crippen LogP contribution is -2.29. The van der Waals surface area contributed by atoms with E-state index < -0.39 is 6.92 Å². The minimum absolute atomic E-state index is 0.421. The molecular formula is C11H17BO3. The van der Waals surface area contributed by atoms with Crippen LogP contribution in [0.2, 0.25) is 6.32 Å². The lowest BCUT2D eigenvalue weighted by Gasteiger charge is -2.11. The third-order valence-electron chi connectivity index (χ3n) is 2.35. The zero-order chi connectivity index (χ0) is 11.3. The minimum Gasteiger partial charge on any atom is -0.493 e. The predicted octanol–water partition coefficient (Wildman–Crippen LogP) is 1.30. The Hall–Kier alpha value is -1.16. The van der Waals surface area contributed by atoms with Crippen LogP contribution in [-0.2, 0) is 0 Å². The Bertz CT molecular complexity index is 315. The second-order valence-corrected chi connectivity index (χ2v) is 3.42. The van der Waals surface area contributed by atoms with Crippen molar-refractivity contribution in [3.05, 3.63) is 18.2 Å². The first kappa shape index (κ1) is 11.9. The van der Waals surface area contributed by atoms with Crippen molar-refractivity contribution in [2.24, 2.45) is 0 Å². The first-order chi connectivity index (χ1) is 7.22. The first-order valence-corrected chi connectivity index (χ1v) is 5.13. The number of hydrogen-bond donors (Lipinski definition) is 1. The van der Waals surface area contributed by atoms with Crippen molar-refractivity contribution in [1.82, 2.24) is 0 Å². The quantitative estimate of drug-likeness (QED) is 0.741. The molecule has 0 bridgehead atoms. The molecule has 0 aliphatic rings. The highest BCUT2D eigenvalue weighted by Gasteiger charge is 2.15. The fraction of sp³-hybridized carbons (Fsp3) is 0.455. The molecule has 0 radical (unpaired) electrons. The van der Waals surface area contributed by atoms with Gasteiger partial charge in [-0.3, -0.25) is 0 Å². The first-order valence-electron chi connectivity index (χ1n) is 5.13. The van der Waals surface area contributed by atoms with E-state index in [2.05, 4.69) is 0 Å². The third kappa shape index (κ3) is 2.89. The molecule has 0 saturated heterocycles. The Morgan fingerprint density at radius 2 is 1.87 bits per heavy atom. The van der Waals surface area contributed by atoms with Crippen molar-refractivity contribution >= 4 is 12.4 Å². The van der Waals surface area contributed by atoms with Gasteiger partial charge in [0, 0.05) is 0 Å². The van der Waals surface area contributed by atoms with Crippen molar-refractivity contribution in [2.45, 2.75) is 19.7 Å². The van der Waals surface area contributed by atoms with Gasteiger partial charge in [0.15, 0.2) is 11.5 Å². The van der Waals surface area contributed by atoms with E-state index in [-0.39, 0.29) is 0 Å². The Morgan fingerprint density at radius 3 is 2.40 bits per heavy atom. The molecule has 3 nitrogen and oxygen atoms in total. The molecule has 1 aromatic rings. The molecule has 82 valence electrons. The van der Waals surface area contributed by atoms with E-state index in [4.69, 9.17) is 9.47 Å². The molecule has 0 aliphatic heterocycles. The van der Waals surface area contributed by atoms with Gasteiger partial charge in [0.05, 0.1) is 14.2 Å². The molecule has 15 heavy (non-hydrogen) atoms. The average molecular weight is 208 g/mol. The standard InChI is InChI=1S/C11H17BO3/c1-4-7-12(13)9-5-6-10(14-2)11(8-9)15-3/h5-6,8,13H,4,7H2,1-3H3. The smallest absolute Gasteiger partial charge is 0.323 e. The molecule has 0 atom stereocenters. The van der Waals surface area contributed by atoms with Gasteiger partial charge in [0.2, 0.25) is 0 Å². The maximum Gasteiger partial charge on any atom is 0.323 e. The van der Waals surface area contributed by atoms with Gasteiger partial charge in [-0.05, 0) is 23.9 Å². The zero-order valence-electron chi connectivity index (χ0n) is 9.49. The van der Waals surface area contributed by atoms with Crippen LogP contribution in [0, 0.1) is 0 Å². The molecule has 0 saturated carbocycles. The van der Waals surface area contributed by atoms with Crippen LogP contribution >= 0.6 is 0 Å². The number of benzene rings is 1. The molecule has 1 rings (SSSR count). The highest BCUT2D eigenvalue weighted by Crippen LogP contribution is 2.24.